The lowest BCUT2D eigenvalue weighted by Gasteiger charge is -2.27. The van der Waals surface area contributed by atoms with Crippen LogP contribution in [0.5, 0.6) is 17.2 Å². The van der Waals surface area contributed by atoms with Gasteiger partial charge in [0.2, 0.25) is 0 Å². The first-order valence-corrected chi connectivity index (χ1v) is 15.4. The quantitative estimate of drug-likeness (QED) is 0.193. The van der Waals surface area contributed by atoms with Crippen LogP contribution in [0.1, 0.15) is 50.8 Å². The summed E-state index contributed by atoms with van der Waals surface area (Å²) in [6.45, 7) is 6.93. The average molecular weight is 660 g/mol. The Morgan fingerprint density at radius 2 is 1.90 bits per heavy atom. The molecule has 0 unspecified atom stereocenters. The maximum Gasteiger partial charge on any atom is 0.338 e. The van der Waals surface area contributed by atoms with E-state index >= 15 is 0 Å². The first-order chi connectivity index (χ1) is 20.3. The van der Waals surface area contributed by atoms with Crippen molar-refractivity contribution in [3.63, 3.8) is 0 Å². The van der Waals surface area contributed by atoms with Crippen molar-refractivity contribution < 1.29 is 28.5 Å². The van der Waals surface area contributed by atoms with Gasteiger partial charge in [0, 0.05) is 22.7 Å². The number of carbonyl (C=O) groups is 1. The maximum absolute atomic E-state index is 14.2. The number of carbonyl (C=O) groups excluding carboxylic acids is 1. The van der Waals surface area contributed by atoms with E-state index in [1.807, 2.05) is 31.2 Å². The standard InChI is InChI=1S/C31H35BrN2O7S/c1-6-8-14-40-23-13-12-21(32)17-20(23)18-25-29(35)34-27(22-10-9-11-24(38-5)28(22)39-7-2)26(19(3)33-31(34)42-25)30(36)41-16-15-37-4/h9-13,17-18,27H,6-8,14-16H2,1-5H3/b25-18+/t27-/m0/s1. The number of hydrogen-bond acceptors (Lipinski definition) is 9. The van der Waals surface area contributed by atoms with E-state index in [4.69, 9.17) is 28.7 Å². The van der Waals surface area contributed by atoms with Crippen molar-refractivity contribution in [2.75, 3.05) is 40.6 Å². The van der Waals surface area contributed by atoms with Crippen LogP contribution in [0.25, 0.3) is 6.08 Å². The summed E-state index contributed by atoms with van der Waals surface area (Å²) >= 11 is 4.78. The summed E-state index contributed by atoms with van der Waals surface area (Å²) in [7, 11) is 3.08. The van der Waals surface area contributed by atoms with Crippen LogP contribution < -0.4 is 29.1 Å². The minimum absolute atomic E-state index is 0.0589. The number of thiazole rings is 1. The molecule has 0 radical (unpaired) electrons. The van der Waals surface area contributed by atoms with Gasteiger partial charge < -0.3 is 23.7 Å². The zero-order valence-electron chi connectivity index (χ0n) is 24.4. The predicted molar refractivity (Wildman–Crippen MR) is 165 cm³/mol. The molecule has 0 fully saturated rings. The van der Waals surface area contributed by atoms with Gasteiger partial charge in [-0.2, -0.15) is 0 Å². The van der Waals surface area contributed by atoms with Crippen molar-refractivity contribution in [1.82, 2.24) is 4.57 Å². The van der Waals surface area contributed by atoms with Gasteiger partial charge in [0.25, 0.3) is 5.56 Å². The Kier molecular flexibility index (Phi) is 11.0. The first-order valence-electron chi connectivity index (χ1n) is 13.7. The third-order valence-electron chi connectivity index (χ3n) is 6.59. The molecule has 1 atom stereocenters. The van der Waals surface area contributed by atoms with E-state index in [-0.39, 0.29) is 24.3 Å². The van der Waals surface area contributed by atoms with E-state index in [0.717, 1.165) is 22.9 Å². The van der Waals surface area contributed by atoms with Crippen LogP contribution in [-0.4, -0.2) is 51.2 Å². The highest BCUT2D eigenvalue weighted by molar-refractivity contribution is 9.10. The number of allylic oxidation sites excluding steroid dienone is 1. The van der Waals surface area contributed by atoms with E-state index in [9.17, 15) is 9.59 Å². The SMILES string of the molecule is CCCCOc1ccc(Br)cc1/C=c1/sc2n(c1=O)[C@@H](c1cccc(OC)c1OCC)C(C(=O)OCCOC)=C(C)N=2. The summed E-state index contributed by atoms with van der Waals surface area (Å²) in [5.41, 5.74) is 1.73. The number of rotatable bonds is 13. The van der Waals surface area contributed by atoms with Gasteiger partial charge in [0.15, 0.2) is 16.3 Å². The zero-order chi connectivity index (χ0) is 30.2. The van der Waals surface area contributed by atoms with Crippen molar-refractivity contribution in [2.24, 2.45) is 4.99 Å². The Balaban J connectivity index is 1.94. The Labute approximate surface area is 257 Å². The molecule has 4 rings (SSSR count). The minimum Gasteiger partial charge on any atom is -0.493 e. The molecule has 2 aromatic carbocycles. The summed E-state index contributed by atoms with van der Waals surface area (Å²) in [5.74, 6) is 1.02. The largest absolute Gasteiger partial charge is 0.493 e. The van der Waals surface area contributed by atoms with Crippen molar-refractivity contribution in [3.8, 4) is 17.2 Å². The molecule has 3 aromatic rings. The van der Waals surface area contributed by atoms with E-state index in [2.05, 4.69) is 22.9 Å². The van der Waals surface area contributed by atoms with Gasteiger partial charge in [-0.05, 0) is 50.6 Å². The lowest BCUT2D eigenvalue weighted by Crippen LogP contribution is -2.40. The minimum atomic E-state index is -0.863. The van der Waals surface area contributed by atoms with E-state index in [1.165, 1.54) is 23.0 Å². The van der Waals surface area contributed by atoms with Gasteiger partial charge in [-0.15, -0.1) is 0 Å². The summed E-state index contributed by atoms with van der Waals surface area (Å²) in [6.07, 6.45) is 3.73. The number of unbranched alkanes of at least 4 members (excludes halogenated alkanes) is 1. The van der Waals surface area contributed by atoms with Crippen molar-refractivity contribution in [2.45, 2.75) is 39.7 Å². The predicted octanol–water partition coefficient (Wildman–Crippen LogP) is 4.77. The van der Waals surface area contributed by atoms with E-state index in [1.54, 1.807) is 32.2 Å². The van der Waals surface area contributed by atoms with Crippen molar-refractivity contribution in [1.29, 1.82) is 0 Å². The fourth-order valence-electron chi connectivity index (χ4n) is 4.61. The molecule has 0 aliphatic carbocycles. The van der Waals surface area contributed by atoms with Gasteiger partial charge in [-0.3, -0.25) is 9.36 Å². The summed E-state index contributed by atoms with van der Waals surface area (Å²) in [4.78, 5) is 32.8. The molecule has 0 bridgehead atoms. The molecule has 11 heteroatoms. The molecule has 1 aliphatic rings. The highest BCUT2D eigenvalue weighted by atomic mass is 79.9. The number of ether oxygens (including phenoxy) is 5. The fourth-order valence-corrected chi connectivity index (χ4v) is 6.03. The Hall–Kier alpha value is -3.41. The van der Waals surface area contributed by atoms with Gasteiger partial charge in [-0.1, -0.05) is 52.7 Å². The van der Waals surface area contributed by atoms with E-state index < -0.39 is 12.0 Å². The second-order valence-electron chi connectivity index (χ2n) is 9.41. The number of aromatic nitrogens is 1. The maximum atomic E-state index is 14.2. The van der Waals surface area contributed by atoms with Gasteiger partial charge in [0.05, 0.1) is 42.7 Å². The molecule has 9 nitrogen and oxygen atoms in total. The highest BCUT2D eigenvalue weighted by Crippen LogP contribution is 2.40. The Morgan fingerprint density at radius 1 is 1.10 bits per heavy atom. The van der Waals surface area contributed by atoms with Crippen LogP contribution in [0.2, 0.25) is 0 Å². The third kappa shape index (κ3) is 6.79. The second-order valence-corrected chi connectivity index (χ2v) is 11.3. The Bertz CT molecular complexity index is 1640. The number of nitrogens with zero attached hydrogens (tertiary/aromatic N) is 2. The normalized spacial score (nSPS) is 14.8. The summed E-state index contributed by atoms with van der Waals surface area (Å²) in [6, 6.07) is 10.2. The lowest BCUT2D eigenvalue weighted by molar-refractivity contribution is -0.140. The smallest absolute Gasteiger partial charge is 0.338 e. The molecular formula is C31H35BrN2O7S. The zero-order valence-corrected chi connectivity index (χ0v) is 26.8. The lowest BCUT2D eigenvalue weighted by atomic mass is 9.94. The number of benzene rings is 2. The number of hydrogen-bond donors (Lipinski definition) is 0. The second kappa shape index (κ2) is 14.7. The topological polar surface area (TPSA) is 97.6 Å². The van der Waals surface area contributed by atoms with Crippen LogP contribution in [0.15, 0.2) is 61.9 Å². The van der Waals surface area contributed by atoms with Crippen LogP contribution in [-0.2, 0) is 14.3 Å². The third-order valence-corrected chi connectivity index (χ3v) is 8.06. The molecule has 0 N–H and O–H groups in total. The van der Waals surface area contributed by atoms with Gasteiger partial charge >= 0.3 is 5.97 Å². The molecule has 0 saturated carbocycles. The molecule has 1 aromatic heterocycles. The number of fused-ring (bicyclic) bond motifs is 1. The molecular weight excluding hydrogens is 624 g/mol. The van der Waals surface area contributed by atoms with Crippen LogP contribution in [0.3, 0.4) is 0 Å². The molecule has 0 spiro atoms. The van der Waals surface area contributed by atoms with Gasteiger partial charge in [-0.25, -0.2) is 9.79 Å². The number of methoxy groups -OCH3 is 2. The van der Waals surface area contributed by atoms with Crippen LogP contribution in [0, 0.1) is 0 Å². The molecule has 0 saturated heterocycles. The molecule has 42 heavy (non-hydrogen) atoms. The number of para-hydroxylation sites is 1. The summed E-state index contributed by atoms with van der Waals surface area (Å²) < 4.78 is 31.1. The monoisotopic (exact) mass is 658 g/mol. The Morgan fingerprint density at radius 3 is 2.62 bits per heavy atom. The number of halogens is 1. The molecule has 1 aliphatic heterocycles. The van der Waals surface area contributed by atoms with Gasteiger partial charge in [0.1, 0.15) is 18.4 Å². The molecule has 0 amide bonds. The molecule has 224 valence electrons. The van der Waals surface area contributed by atoms with Crippen molar-refractivity contribution >= 4 is 39.3 Å². The average Bonchev–Trinajstić information content (AvgIpc) is 3.27. The van der Waals surface area contributed by atoms with Crippen LogP contribution in [0.4, 0.5) is 0 Å². The summed E-state index contributed by atoms with van der Waals surface area (Å²) in [5, 5.41) is 0. The molecule has 2 heterocycles. The van der Waals surface area contributed by atoms with Crippen LogP contribution >= 0.6 is 27.3 Å². The highest BCUT2D eigenvalue weighted by Gasteiger charge is 2.36. The number of esters is 1. The van der Waals surface area contributed by atoms with E-state index in [0.29, 0.717) is 51.1 Å². The first kappa shape index (κ1) is 31.5. The van der Waals surface area contributed by atoms with Crippen molar-refractivity contribution in [3.05, 3.63) is 83.0 Å². The fraction of sp³-hybridized carbons (Fsp3) is 0.387.